The largest absolute Gasteiger partial charge is 1.00 e. The molecule has 0 bridgehead atoms. The first-order chi connectivity index (χ1) is 9.15. The molecule has 4 heteroatoms. The van der Waals surface area contributed by atoms with Crippen LogP contribution in [0.25, 0.3) is 0 Å². The van der Waals surface area contributed by atoms with Crippen molar-refractivity contribution in [3.05, 3.63) is 48.6 Å². The van der Waals surface area contributed by atoms with Crippen LogP contribution in [0, 0.1) is 0 Å². The summed E-state index contributed by atoms with van der Waals surface area (Å²) in [6, 6.07) is 10.4. The Hall–Kier alpha value is -1.32. The second-order valence-corrected chi connectivity index (χ2v) is 4.71. The maximum Gasteiger partial charge on any atom is 0.330 e. The fourth-order valence-electron chi connectivity index (χ4n) is 2.21. The molecular formula is C16H24ClNO2. The van der Waals surface area contributed by atoms with Crippen LogP contribution >= 0.6 is 0 Å². The maximum absolute atomic E-state index is 11.1. The summed E-state index contributed by atoms with van der Waals surface area (Å²) in [7, 11) is 0. The number of benzene rings is 1. The summed E-state index contributed by atoms with van der Waals surface area (Å²) in [5.74, 6) is -0.343. The highest BCUT2D eigenvalue weighted by Gasteiger charge is 2.23. The first-order valence-electron chi connectivity index (χ1n) is 6.84. The lowest BCUT2D eigenvalue weighted by molar-refractivity contribution is -0.937. The summed E-state index contributed by atoms with van der Waals surface area (Å²) in [4.78, 5) is 11.1. The van der Waals surface area contributed by atoms with E-state index in [0.717, 1.165) is 30.7 Å². The lowest BCUT2D eigenvalue weighted by Gasteiger charge is -2.36. The third-order valence-corrected chi connectivity index (χ3v) is 3.68. The van der Waals surface area contributed by atoms with Gasteiger partial charge in [0.1, 0.15) is 19.7 Å². The fraction of sp³-hybridized carbons (Fsp3) is 0.438. The van der Waals surface area contributed by atoms with E-state index in [-0.39, 0.29) is 18.4 Å². The van der Waals surface area contributed by atoms with Crippen molar-refractivity contribution in [2.75, 3.05) is 26.2 Å². The number of carbonyl (C=O) groups excluding carboxylic acids is 1. The first-order valence-corrected chi connectivity index (χ1v) is 6.84. The predicted molar refractivity (Wildman–Crippen MR) is 77.5 cm³/mol. The summed E-state index contributed by atoms with van der Waals surface area (Å²) in [6.45, 7) is 12.1. The quantitative estimate of drug-likeness (QED) is 0.377. The molecule has 0 aliphatic rings. The Morgan fingerprint density at radius 1 is 1.25 bits per heavy atom. The van der Waals surface area contributed by atoms with Gasteiger partial charge in [-0.1, -0.05) is 36.9 Å². The molecule has 0 aromatic heterocycles. The standard InChI is InChI=1S/C16H24NO2.ClH/c1-4-16(18)19-13-12-17(5-2,6-3)14-15-10-8-7-9-11-15;/h4,7-11H,1,5-6,12-14H2,2-3H3;1H/q+1;/p-1. The molecule has 0 fully saturated rings. The van der Waals surface area contributed by atoms with Gasteiger partial charge in [-0.2, -0.15) is 0 Å². The van der Waals surface area contributed by atoms with Gasteiger partial charge in [0, 0.05) is 11.6 Å². The van der Waals surface area contributed by atoms with Crippen molar-refractivity contribution in [1.82, 2.24) is 0 Å². The Labute approximate surface area is 128 Å². The molecule has 20 heavy (non-hydrogen) atoms. The van der Waals surface area contributed by atoms with E-state index in [1.54, 1.807) is 0 Å². The summed E-state index contributed by atoms with van der Waals surface area (Å²) in [5.41, 5.74) is 1.32. The van der Waals surface area contributed by atoms with Crippen LogP contribution in [0.5, 0.6) is 0 Å². The van der Waals surface area contributed by atoms with E-state index in [2.05, 4.69) is 44.7 Å². The van der Waals surface area contributed by atoms with Crippen LogP contribution < -0.4 is 12.4 Å². The number of likely N-dealkylation sites (N-methyl/N-ethyl adjacent to an activating group) is 1. The van der Waals surface area contributed by atoms with Crippen LogP contribution in [-0.2, 0) is 16.1 Å². The number of rotatable bonds is 8. The van der Waals surface area contributed by atoms with Gasteiger partial charge in [-0.05, 0) is 13.8 Å². The lowest BCUT2D eigenvalue weighted by Crippen LogP contribution is -3.00. The third kappa shape index (κ3) is 5.76. The second-order valence-electron chi connectivity index (χ2n) is 4.71. The third-order valence-electron chi connectivity index (χ3n) is 3.68. The number of carbonyl (C=O) groups is 1. The highest BCUT2D eigenvalue weighted by Crippen LogP contribution is 2.14. The van der Waals surface area contributed by atoms with E-state index in [1.165, 1.54) is 11.6 Å². The van der Waals surface area contributed by atoms with Crippen LogP contribution in [0.15, 0.2) is 43.0 Å². The van der Waals surface area contributed by atoms with Crippen LogP contribution in [-0.4, -0.2) is 36.7 Å². The van der Waals surface area contributed by atoms with Crippen molar-refractivity contribution in [2.45, 2.75) is 20.4 Å². The molecule has 0 saturated heterocycles. The monoisotopic (exact) mass is 297 g/mol. The molecule has 0 aliphatic carbocycles. The van der Waals surface area contributed by atoms with Gasteiger partial charge in [0.05, 0.1) is 13.1 Å². The van der Waals surface area contributed by atoms with E-state index >= 15 is 0 Å². The summed E-state index contributed by atoms with van der Waals surface area (Å²) >= 11 is 0. The van der Waals surface area contributed by atoms with E-state index in [9.17, 15) is 4.79 Å². The number of halogens is 1. The zero-order valence-corrected chi connectivity index (χ0v) is 13.1. The fourth-order valence-corrected chi connectivity index (χ4v) is 2.21. The van der Waals surface area contributed by atoms with Crippen LogP contribution in [0.4, 0.5) is 0 Å². The molecule has 0 atom stereocenters. The molecule has 0 spiro atoms. The Kier molecular flexibility index (Phi) is 8.93. The van der Waals surface area contributed by atoms with Crippen molar-refractivity contribution in [1.29, 1.82) is 0 Å². The summed E-state index contributed by atoms with van der Waals surface area (Å²) < 4.78 is 6.04. The van der Waals surface area contributed by atoms with Crippen molar-refractivity contribution < 1.29 is 26.4 Å². The molecule has 1 rings (SSSR count). The Morgan fingerprint density at radius 3 is 2.35 bits per heavy atom. The minimum atomic E-state index is -0.343. The zero-order chi connectivity index (χ0) is 14.1. The topological polar surface area (TPSA) is 26.3 Å². The average molecular weight is 298 g/mol. The van der Waals surface area contributed by atoms with Gasteiger partial charge in [0.2, 0.25) is 0 Å². The second kappa shape index (κ2) is 9.56. The molecule has 1 aromatic carbocycles. The van der Waals surface area contributed by atoms with Gasteiger partial charge in [0.15, 0.2) is 0 Å². The van der Waals surface area contributed by atoms with E-state index in [1.807, 2.05) is 6.07 Å². The number of nitrogens with zero attached hydrogens (tertiary/aromatic N) is 1. The number of esters is 1. The predicted octanol–water partition coefficient (Wildman–Crippen LogP) is -0.224. The maximum atomic E-state index is 11.1. The van der Waals surface area contributed by atoms with Crippen molar-refractivity contribution in [3.8, 4) is 0 Å². The molecule has 0 saturated carbocycles. The molecule has 0 aliphatic heterocycles. The molecule has 0 unspecified atom stereocenters. The minimum absolute atomic E-state index is 0. The number of quaternary nitrogens is 1. The zero-order valence-electron chi connectivity index (χ0n) is 12.3. The Bertz CT molecular complexity index is 402. The molecule has 0 N–H and O–H groups in total. The van der Waals surface area contributed by atoms with Crippen molar-refractivity contribution in [3.63, 3.8) is 0 Å². The average Bonchev–Trinajstić information content (AvgIpc) is 2.47. The molecule has 0 radical (unpaired) electrons. The van der Waals surface area contributed by atoms with Crippen LogP contribution in [0.3, 0.4) is 0 Å². The van der Waals surface area contributed by atoms with Crippen molar-refractivity contribution in [2.24, 2.45) is 0 Å². The SMILES string of the molecule is C=CC(=O)OCC[N+](CC)(CC)Cc1ccccc1.[Cl-]. The number of ether oxygens (including phenoxy) is 1. The summed E-state index contributed by atoms with van der Waals surface area (Å²) in [5, 5.41) is 0. The highest BCUT2D eigenvalue weighted by atomic mass is 35.5. The van der Waals surface area contributed by atoms with E-state index in [4.69, 9.17) is 4.74 Å². The molecule has 0 heterocycles. The van der Waals surface area contributed by atoms with Gasteiger partial charge < -0.3 is 21.6 Å². The molecule has 3 nitrogen and oxygen atoms in total. The van der Waals surface area contributed by atoms with Gasteiger partial charge in [-0.25, -0.2) is 4.79 Å². The van der Waals surface area contributed by atoms with E-state index < -0.39 is 0 Å². The smallest absolute Gasteiger partial charge is 0.330 e. The highest BCUT2D eigenvalue weighted by molar-refractivity contribution is 5.81. The molecule has 0 amide bonds. The molecular weight excluding hydrogens is 274 g/mol. The molecule has 1 aromatic rings. The van der Waals surface area contributed by atoms with Gasteiger partial charge in [0.25, 0.3) is 0 Å². The lowest BCUT2D eigenvalue weighted by atomic mass is 10.2. The van der Waals surface area contributed by atoms with Crippen LogP contribution in [0.1, 0.15) is 19.4 Å². The Morgan fingerprint density at radius 2 is 1.85 bits per heavy atom. The first kappa shape index (κ1) is 18.7. The van der Waals surface area contributed by atoms with E-state index in [0.29, 0.717) is 6.61 Å². The van der Waals surface area contributed by atoms with Crippen LogP contribution in [0.2, 0.25) is 0 Å². The van der Waals surface area contributed by atoms with Crippen molar-refractivity contribution >= 4 is 5.97 Å². The normalized spacial score (nSPS) is 10.5. The number of hydrogen-bond acceptors (Lipinski definition) is 2. The van der Waals surface area contributed by atoms with Gasteiger partial charge in [-0.3, -0.25) is 0 Å². The Balaban J connectivity index is 0.00000361. The molecule has 112 valence electrons. The summed E-state index contributed by atoms with van der Waals surface area (Å²) in [6.07, 6.45) is 1.21. The van der Waals surface area contributed by atoms with Gasteiger partial charge in [-0.15, -0.1) is 0 Å². The number of hydrogen-bond donors (Lipinski definition) is 0. The van der Waals surface area contributed by atoms with Gasteiger partial charge >= 0.3 is 5.97 Å². The minimum Gasteiger partial charge on any atom is -1.00 e.